The van der Waals surface area contributed by atoms with E-state index in [9.17, 15) is 0 Å². The van der Waals surface area contributed by atoms with E-state index >= 15 is 0 Å². The Kier molecular flexibility index (Phi) is 4.13. The van der Waals surface area contributed by atoms with Crippen molar-refractivity contribution in [2.75, 3.05) is 23.3 Å². The summed E-state index contributed by atoms with van der Waals surface area (Å²) in [4.78, 5) is 17.1. The maximum absolute atomic E-state index is 4.64. The lowest BCUT2D eigenvalue weighted by molar-refractivity contribution is 0.949. The molecule has 0 spiro atoms. The maximum atomic E-state index is 4.64. The first-order valence-corrected chi connectivity index (χ1v) is 8.97. The average Bonchev–Trinajstić information content (AvgIpc) is 3.28. The van der Waals surface area contributed by atoms with Gasteiger partial charge in [-0.2, -0.15) is 0 Å². The van der Waals surface area contributed by atoms with Gasteiger partial charge in [-0.3, -0.25) is 0 Å². The van der Waals surface area contributed by atoms with Crippen LogP contribution >= 0.6 is 11.3 Å². The van der Waals surface area contributed by atoms with E-state index in [1.807, 2.05) is 36.7 Å². The molecule has 3 aromatic rings. The van der Waals surface area contributed by atoms with E-state index < -0.39 is 0 Å². The third-order valence-corrected chi connectivity index (χ3v) is 5.00. The third kappa shape index (κ3) is 3.23. The molecule has 0 aliphatic carbocycles. The Morgan fingerprint density at radius 1 is 1.00 bits per heavy atom. The second-order valence-corrected chi connectivity index (χ2v) is 7.14. The Hall–Kier alpha value is -2.47. The van der Waals surface area contributed by atoms with Gasteiger partial charge in [0.05, 0.1) is 11.9 Å². The molecule has 0 atom stereocenters. The van der Waals surface area contributed by atoms with Gasteiger partial charge >= 0.3 is 0 Å². The van der Waals surface area contributed by atoms with Gasteiger partial charge in [-0.25, -0.2) is 15.0 Å². The van der Waals surface area contributed by atoms with Crippen molar-refractivity contribution in [2.24, 2.45) is 0 Å². The first kappa shape index (κ1) is 15.1. The molecule has 0 amide bonds. The van der Waals surface area contributed by atoms with Gasteiger partial charge < -0.3 is 10.2 Å². The lowest BCUT2D eigenvalue weighted by Gasteiger charge is -2.17. The highest BCUT2D eigenvalue weighted by Gasteiger charge is 2.12. The predicted octanol–water partition coefficient (Wildman–Crippen LogP) is 4.25. The minimum absolute atomic E-state index is 0.779. The summed E-state index contributed by atoms with van der Waals surface area (Å²) in [6.07, 6.45) is 6.35. The maximum Gasteiger partial charge on any atom is 0.142 e. The van der Waals surface area contributed by atoms with Crippen LogP contribution in [0.4, 0.5) is 17.3 Å². The van der Waals surface area contributed by atoms with Crippen LogP contribution in [0.25, 0.3) is 10.7 Å². The highest BCUT2D eigenvalue weighted by molar-refractivity contribution is 7.14. The quantitative estimate of drug-likeness (QED) is 0.771. The highest BCUT2D eigenvalue weighted by atomic mass is 32.1. The van der Waals surface area contributed by atoms with E-state index in [0.29, 0.717) is 0 Å². The van der Waals surface area contributed by atoms with Crippen LogP contribution in [0.1, 0.15) is 17.7 Å². The summed E-state index contributed by atoms with van der Waals surface area (Å²) < 4.78 is 0. The minimum atomic E-state index is 0.779. The number of thiazole rings is 1. The van der Waals surface area contributed by atoms with Gasteiger partial charge in [0.2, 0.25) is 0 Å². The second kappa shape index (κ2) is 6.57. The number of nitrogens with one attached hydrogen (secondary N) is 1. The standard InChI is InChI=1S/C18H19N5S/c1-13-11-20-18(24-13)15-5-4-6-17(21-15)22-16-8-7-14(12-19-16)23-9-2-3-10-23/h4-8,11-12H,2-3,9-10H2,1H3,(H,19,21,22). The molecule has 1 N–H and O–H groups in total. The molecular formula is C18H19N5S. The molecule has 6 heteroatoms. The van der Waals surface area contributed by atoms with Gasteiger partial charge in [0, 0.05) is 24.2 Å². The van der Waals surface area contributed by atoms with E-state index in [-0.39, 0.29) is 0 Å². The van der Waals surface area contributed by atoms with Gasteiger partial charge in [0.25, 0.3) is 0 Å². The van der Waals surface area contributed by atoms with Crippen molar-refractivity contribution >= 4 is 28.7 Å². The van der Waals surface area contributed by atoms with Crippen LogP contribution in [-0.4, -0.2) is 28.0 Å². The summed E-state index contributed by atoms with van der Waals surface area (Å²) >= 11 is 1.65. The van der Waals surface area contributed by atoms with Crippen molar-refractivity contribution in [1.29, 1.82) is 0 Å². The van der Waals surface area contributed by atoms with Gasteiger partial charge in [-0.05, 0) is 44.0 Å². The Bertz CT molecular complexity index is 821. The number of hydrogen-bond acceptors (Lipinski definition) is 6. The van der Waals surface area contributed by atoms with Crippen molar-refractivity contribution in [1.82, 2.24) is 15.0 Å². The van der Waals surface area contributed by atoms with Gasteiger partial charge in [0.1, 0.15) is 22.3 Å². The second-order valence-electron chi connectivity index (χ2n) is 5.90. The average molecular weight is 337 g/mol. The van der Waals surface area contributed by atoms with E-state index in [2.05, 4.69) is 38.2 Å². The normalized spacial score (nSPS) is 14.1. The summed E-state index contributed by atoms with van der Waals surface area (Å²) in [5, 5.41) is 4.21. The van der Waals surface area contributed by atoms with E-state index in [0.717, 1.165) is 35.4 Å². The van der Waals surface area contributed by atoms with E-state index in [1.54, 1.807) is 11.3 Å². The summed E-state index contributed by atoms with van der Waals surface area (Å²) in [5.41, 5.74) is 2.07. The molecule has 5 nitrogen and oxygen atoms in total. The number of anilines is 3. The predicted molar refractivity (Wildman–Crippen MR) is 99.0 cm³/mol. The first-order valence-electron chi connectivity index (χ1n) is 8.16. The summed E-state index contributed by atoms with van der Waals surface area (Å²) in [5.74, 6) is 1.58. The van der Waals surface area contributed by atoms with Crippen LogP contribution in [-0.2, 0) is 0 Å². The van der Waals surface area contributed by atoms with Crippen LogP contribution in [0.3, 0.4) is 0 Å². The molecule has 0 bridgehead atoms. The Labute approximate surface area is 145 Å². The molecule has 1 aliphatic rings. The fourth-order valence-electron chi connectivity index (χ4n) is 2.85. The third-order valence-electron chi connectivity index (χ3n) is 4.06. The molecule has 1 aliphatic heterocycles. The number of pyridine rings is 2. The number of aromatic nitrogens is 3. The number of hydrogen-bond donors (Lipinski definition) is 1. The van der Waals surface area contributed by atoms with Crippen LogP contribution in [0.15, 0.2) is 42.7 Å². The lowest BCUT2D eigenvalue weighted by Crippen LogP contribution is -2.17. The smallest absolute Gasteiger partial charge is 0.142 e. The van der Waals surface area contributed by atoms with E-state index in [1.165, 1.54) is 23.4 Å². The zero-order chi connectivity index (χ0) is 16.4. The van der Waals surface area contributed by atoms with Crippen molar-refractivity contribution in [3.63, 3.8) is 0 Å². The van der Waals surface area contributed by atoms with Crippen LogP contribution < -0.4 is 10.2 Å². The molecule has 24 heavy (non-hydrogen) atoms. The molecule has 3 aromatic heterocycles. The fourth-order valence-corrected chi connectivity index (χ4v) is 3.58. The Morgan fingerprint density at radius 2 is 1.88 bits per heavy atom. The molecule has 4 heterocycles. The zero-order valence-corrected chi connectivity index (χ0v) is 14.4. The molecular weight excluding hydrogens is 318 g/mol. The summed E-state index contributed by atoms with van der Waals surface area (Å²) in [6, 6.07) is 10.0. The van der Waals surface area contributed by atoms with Crippen molar-refractivity contribution in [3.8, 4) is 10.7 Å². The monoisotopic (exact) mass is 337 g/mol. The Balaban J connectivity index is 1.50. The van der Waals surface area contributed by atoms with Crippen LogP contribution in [0.2, 0.25) is 0 Å². The molecule has 1 saturated heterocycles. The lowest BCUT2D eigenvalue weighted by atomic mass is 10.3. The SMILES string of the molecule is Cc1cnc(-c2cccc(Nc3ccc(N4CCCC4)cn3)n2)s1. The molecule has 0 saturated carbocycles. The summed E-state index contributed by atoms with van der Waals surface area (Å²) in [6.45, 7) is 4.31. The topological polar surface area (TPSA) is 53.9 Å². The number of rotatable bonds is 4. The van der Waals surface area contributed by atoms with Crippen LogP contribution in [0.5, 0.6) is 0 Å². The van der Waals surface area contributed by atoms with Crippen molar-refractivity contribution in [3.05, 3.63) is 47.6 Å². The number of nitrogens with zero attached hydrogens (tertiary/aromatic N) is 4. The van der Waals surface area contributed by atoms with Crippen molar-refractivity contribution < 1.29 is 0 Å². The van der Waals surface area contributed by atoms with Gasteiger partial charge in [0.15, 0.2) is 0 Å². The van der Waals surface area contributed by atoms with Gasteiger partial charge in [-0.15, -0.1) is 11.3 Å². The van der Waals surface area contributed by atoms with Gasteiger partial charge in [-0.1, -0.05) is 6.07 Å². The number of aryl methyl sites for hydroxylation is 1. The highest BCUT2D eigenvalue weighted by Crippen LogP contribution is 2.25. The zero-order valence-electron chi connectivity index (χ0n) is 13.6. The van der Waals surface area contributed by atoms with E-state index in [4.69, 9.17) is 0 Å². The first-order chi connectivity index (χ1) is 11.8. The fraction of sp³-hybridized carbons (Fsp3) is 0.278. The molecule has 0 unspecified atom stereocenters. The summed E-state index contributed by atoms with van der Waals surface area (Å²) in [7, 11) is 0. The molecule has 122 valence electrons. The molecule has 1 fully saturated rings. The molecule has 0 aromatic carbocycles. The largest absolute Gasteiger partial charge is 0.370 e. The van der Waals surface area contributed by atoms with Crippen molar-refractivity contribution in [2.45, 2.75) is 19.8 Å². The molecule has 0 radical (unpaired) electrons. The minimum Gasteiger partial charge on any atom is -0.370 e. The Morgan fingerprint density at radius 3 is 2.58 bits per heavy atom. The molecule has 4 rings (SSSR count). The van der Waals surface area contributed by atoms with Crippen LogP contribution in [0, 0.1) is 6.92 Å².